The van der Waals surface area contributed by atoms with E-state index in [9.17, 15) is 14.4 Å². The average molecular weight is 652 g/mol. The Morgan fingerprint density at radius 3 is 2.46 bits per heavy atom. The summed E-state index contributed by atoms with van der Waals surface area (Å²) in [4.78, 5) is 46.8. The first-order valence-corrected chi connectivity index (χ1v) is 15.8. The fraction of sp³-hybridized carbons (Fsp3) is 0.394. The third kappa shape index (κ3) is 6.80. The molecular formula is C33H37N3O9S. The standard InChI is InChI=1S/C33H37N3O9S/c1-6-43-26-16-21(8-10-25(26)45-19-28(37)35-12-14-42-15-13-35)17-27-31(38)36-30(23-18-22(40-4)9-11-24(23)41-5)29(32(39)44-7-2)20(3)34-33(36)46-27/h8-11,16-18,30H,6-7,12-15,19H2,1-5H3/b27-17+/t30-/m0/s1. The normalized spacial score (nSPS) is 16.4. The van der Waals surface area contributed by atoms with Gasteiger partial charge in [0.05, 0.1) is 56.4 Å². The van der Waals surface area contributed by atoms with Crippen molar-refractivity contribution in [3.63, 3.8) is 0 Å². The summed E-state index contributed by atoms with van der Waals surface area (Å²) < 4.78 is 35.4. The number of esters is 1. The first-order valence-electron chi connectivity index (χ1n) is 15.0. The van der Waals surface area contributed by atoms with Crippen molar-refractivity contribution in [3.05, 3.63) is 78.5 Å². The fourth-order valence-electron chi connectivity index (χ4n) is 5.34. The Labute approximate surface area is 270 Å². The minimum absolute atomic E-state index is 0.129. The third-order valence-corrected chi connectivity index (χ3v) is 8.51. The molecule has 1 amide bonds. The number of hydrogen-bond acceptors (Lipinski definition) is 11. The van der Waals surface area contributed by atoms with Gasteiger partial charge in [-0.2, -0.15) is 0 Å². The lowest BCUT2D eigenvalue weighted by Crippen LogP contribution is -2.43. The van der Waals surface area contributed by atoms with E-state index in [1.165, 1.54) is 23.0 Å². The summed E-state index contributed by atoms with van der Waals surface area (Å²) in [6.07, 6.45) is 1.73. The molecule has 2 aliphatic rings. The van der Waals surface area contributed by atoms with Gasteiger partial charge in [0.15, 0.2) is 22.9 Å². The van der Waals surface area contributed by atoms with Crippen LogP contribution in [-0.2, 0) is 19.1 Å². The lowest BCUT2D eigenvalue weighted by atomic mass is 9.94. The molecule has 0 N–H and O–H groups in total. The lowest BCUT2D eigenvalue weighted by Gasteiger charge is -2.26. The van der Waals surface area contributed by atoms with Gasteiger partial charge < -0.3 is 33.3 Å². The molecule has 0 aliphatic carbocycles. The Morgan fingerprint density at radius 2 is 1.76 bits per heavy atom. The number of morpholine rings is 1. The van der Waals surface area contributed by atoms with Crippen LogP contribution in [0.4, 0.5) is 0 Å². The molecule has 1 fully saturated rings. The quantitative estimate of drug-likeness (QED) is 0.288. The molecule has 0 saturated carbocycles. The zero-order chi connectivity index (χ0) is 32.8. The maximum Gasteiger partial charge on any atom is 0.338 e. The number of aromatic nitrogens is 1. The Bertz CT molecular complexity index is 1820. The predicted molar refractivity (Wildman–Crippen MR) is 170 cm³/mol. The van der Waals surface area contributed by atoms with E-state index in [-0.39, 0.29) is 30.3 Å². The van der Waals surface area contributed by atoms with E-state index in [2.05, 4.69) is 4.99 Å². The van der Waals surface area contributed by atoms with Gasteiger partial charge in [0, 0.05) is 18.7 Å². The summed E-state index contributed by atoms with van der Waals surface area (Å²) in [5.41, 5.74) is 1.56. The number of nitrogens with zero attached hydrogens (tertiary/aromatic N) is 3. The molecule has 13 heteroatoms. The molecule has 244 valence electrons. The predicted octanol–water partition coefficient (Wildman–Crippen LogP) is 2.45. The molecule has 1 aromatic heterocycles. The highest BCUT2D eigenvalue weighted by Gasteiger charge is 2.35. The van der Waals surface area contributed by atoms with Gasteiger partial charge >= 0.3 is 5.97 Å². The van der Waals surface area contributed by atoms with Crippen LogP contribution in [-0.4, -0.2) is 81.7 Å². The Kier molecular flexibility index (Phi) is 10.4. The number of amides is 1. The number of carbonyl (C=O) groups is 2. The largest absolute Gasteiger partial charge is 0.497 e. The number of ether oxygens (including phenoxy) is 6. The second kappa shape index (κ2) is 14.6. The van der Waals surface area contributed by atoms with Crippen LogP contribution in [0.25, 0.3) is 6.08 Å². The highest BCUT2D eigenvalue weighted by Crippen LogP contribution is 2.38. The number of benzene rings is 2. The van der Waals surface area contributed by atoms with E-state index in [0.717, 1.165) is 0 Å². The highest BCUT2D eigenvalue weighted by molar-refractivity contribution is 7.07. The summed E-state index contributed by atoms with van der Waals surface area (Å²) >= 11 is 1.20. The van der Waals surface area contributed by atoms with Gasteiger partial charge in [-0.05, 0) is 62.7 Å². The van der Waals surface area contributed by atoms with E-state index in [1.807, 2.05) is 6.92 Å². The zero-order valence-electron chi connectivity index (χ0n) is 26.5. The monoisotopic (exact) mass is 651 g/mol. The molecule has 3 heterocycles. The summed E-state index contributed by atoms with van der Waals surface area (Å²) in [6, 6.07) is 9.61. The van der Waals surface area contributed by atoms with Gasteiger partial charge in [0.2, 0.25) is 0 Å². The van der Waals surface area contributed by atoms with E-state index in [1.54, 1.807) is 68.3 Å². The summed E-state index contributed by atoms with van der Waals surface area (Å²) in [5, 5.41) is 0. The minimum atomic E-state index is -0.874. The van der Waals surface area contributed by atoms with E-state index >= 15 is 0 Å². The molecular weight excluding hydrogens is 614 g/mol. The highest BCUT2D eigenvalue weighted by atomic mass is 32.1. The van der Waals surface area contributed by atoms with E-state index in [0.29, 0.717) is 82.1 Å². The first-order chi connectivity index (χ1) is 22.3. The second-order valence-corrected chi connectivity index (χ2v) is 11.3. The number of carbonyl (C=O) groups excluding carboxylic acids is 2. The molecule has 2 aromatic carbocycles. The molecule has 1 saturated heterocycles. The van der Waals surface area contributed by atoms with Crippen molar-refractivity contribution in [2.24, 2.45) is 4.99 Å². The van der Waals surface area contributed by atoms with Crippen molar-refractivity contribution < 1.29 is 38.0 Å². The van der Waals surface area contributed by atoms with Crippen LogP contribution < -0.4 is 33.8 Å². The third-order valence-electron chi connectivity index (χ3n) is 7.53. The molecule has 2 aliphatic heterocycles. The van der Waals surface area contributed by atoms with Gasteiger partial charge in [-0.1, -0.05) is 17.4 Å². The Hall–Kier alpha value is -4.62. The van der Waals surface area contributed by atoms with Crippen LogP contribution >= 0.6 is 11.3 Å². The van der Waals surface area contributed by atoms with Gasteiger partial charge in [-0.25, -0.2) is 9.79 Å². The molecule has 3 aromatic rings. The molecule has 0 unspecified atom stereocenters. The summed E-state index contributed by atoms with van der Waals surface area (Å²) in [6.45, 7) is 7.77. The van der Waals surface area contributed by atoms with Crippen LogP contribution in [0.15, 0.2) is 57.5 Å². The van der Waals surface area contributed by atoms with Crippen LogP contribution in [0.3, 0.4) is 0 Å². The molecule has 0 bridgehead atoms. The Balaban J connectivity index is 1.55. The number of allylic oxidation sites excluding steroid dienone is 1. The van der Waals surface area contributed by atoms with E-state index < -0.39 is 12.0 Å². The molecule has 1 atom stereocenters. The maximum atomic E-state index is 14.1. The maximum absolute atomic E-state index is 14.1. The number of thiazole rings is 1. The smallest absolute Gasteiger partial charge is 0.338 e. The molecule has 0 radical (unpaired) electrons. The number of methoxy groups -OCH3 is 2. The molecule has 46 heavy (non-hydrogen) atoms. The van der Waals surface area contributed by atoms with Crippen molar-refractivity contribution in [2.75, 3.05) is 60.3 Å². The van der Waals surface area contributed by atoms with Crippen LogP contribution in [0.1, 0.15) is 37.9 Å². The lowest BCUT2D eigenvalue weighted by molar-refractivity contribution is -0.139. The van der Waals surface area contributed by atoms with Crippen molar-refractivity contribution in [3.8, 4) is 23.0 Å². The second-order valence-electron chi connectivity index (χ2n) is 10.3. The van der Waals surface area contributed by atoms with Gasteiger partial charge in [0.1, 0.15) is 17.5 Å². The van der Waals surface area contributed by atoms with Crippen molar-refractivity contribution in [1.82, 2.24) is 9.47 Å². The van der Waals surface area contributed by atoms with Gasteiger partial charge in [0.25, 0.3) is 11.5 Å². The van der Waals surface area contributed by atoms with Gasteiger partial charge in [-0.15, -0.1) is 0 Å². The Morgan fingerprint density at radius 1 is 1.00 bits per heavy atom. The molecule has 0 spiro atoms. The van der Waals surface area contributed by atoms with Crippen LogP contribution in [0.5, 0.6) is 23.0 Å². The average Bonchev–Trinajstić information content (AvgIpc) is 3.37. The topological polar surface area (TPSA) is 127 Å². The molecule has 12 nitrogen and oxygen atoms in total. The summed E-state index contributed by atoms with van der Waals surface area (Å²) in [7, 11) is 3.07. The first kappa shape index (κ1) is 32.8. The van der Waals surface area contributed by atoms with Gasteiger partial charge in [-0.3, -0.25) is 14.2 Å². The van der Waals surface area contributed by atoms with E-state index in [4.69, 9.17) is 28.4 Å². The fourth-order valence-corrected chi connectivity index (χ4v) is 6.38. The van der Waals surface area contributed by atoms with Crippen molar-refractivity contribution in [1.29, 1.82) is 0 Å². The summed E-state index contributed by atoms with van der Waals surface area (Å²) in [5.74, 6) is 1.17. The minimum Gasteiger partial charge on any atom is -0.497 e. The zero-order valence-corrected chi connectivity index (χ0v) is 27.3. The molecule has 5 rings (SSSR count). The number of rotatable bonds is 11. The SMILES string of the molecule is CCOC(=O)C1=C(C)N=c2s/c(=C/c3ccc(OCC(=O)N4CCOCC4)c(OCC)c3)c(=O)n2[C@H]1c1cc(OC)ccc1OC. The van der Waals surface area contributed by atoms with Crippen molar-refractivity contribution in [2.45, 2.75) is 26.8 Å². The number of hydrogen-bond donors (Lipinski definition) is 0. The van der Waals surface area contributed by atoms with Crippen LogP contribution in [0.2, 0.25) is 0 Å². The van der Waals surface area contributed by atoms with Crippen molar-refractivity contribution >= 4 is 29.3 Å². The van der Waals surface area contributed by atoms with Crippen LogP contribution in [0, 0.1) is 0 Å². The number of fused-ring (bicyclic) bond motifs is 1.